The van der Waals surface area contributed by atoms with E-state index in [0.29, 0.717) is 17.1 Å². The summed E-state index contributed by atoms with van der Waals surface area (Å²) < 4.78 is 0. The van der Waals surface area contributed by atoms with Gasteiger partial charge in [-0.2, -0.15) is 0 Å². The van der Waals surface area contributed by atoms with Crippen molar-refractivity contribution in [3.63, 3.8) is 0 Å². The summed E-state index contributed by atoms with van der Waals surface area (Å²) in [6, 6.07) is 0. The highest BCUT2D eigenvalue weighted by Gasteiger charge is 2.09. The first kappa shape index (κ1) is 13.7. The molecule has 0 amide bonds. The summed E-state index contributed by atoms with van der Waals surface area (Å²) in [5, 5.41) is 18.2. The molecule has 1 heterocycles. The van der Waals surface area contributed by atoms with Gasteiger partial charge in [-0.25, -0.2) is 0 Å². The molecule has 0 bridgehead atoms. The Hall–Kier alpha value is -2.36. The monoisotopic (exact) mass is 243 g/mol. The Balaban J connectivity index is 3.31. The van der Waals surface area contributed by atoms with Gasteiger partial charge in [-0.1, -0.05) is 31.4 Å². The van der Waals surface area contributed by atoms with E-state index in [1.165, 1.54) is 4.80 Å². The molecule has 0 aliphatic heterocycles. The fraction of sp³-hybridized carbons (Fsp3) is 0.143. The summed E-state index contributed by atoms with van der Waals surface area (Å²) in [6.45, 7) is 10.8. The summed E-state index contributed by atoms with van der Waals surface area (Å²) in [4.78, 5) is 1.38. The Labute approximate surface area is 107 Å². The molecule has 1 aromatic rings. The molecule has 0 aromatic carbocycles. The lowest BCUT2D eigenvalue weighted by atomic mass is 10.3. The van der Waals surface area contributed by atoms with Crippen molar-refractivity contribution in [3.05, 3.63) is 54.6 Å². The van der Waals surface area contributed by atoms with Crippen LogP contribution in [0, 0.1) is 0 Å². The van der Waals surface area contributed by atoms with Gasteiger partial charge in [0.15, 0.2) is 0 Å². The topological polar surface area (TPSA) is 50.9 Å². The smallest absolute Gasteiger partial charge is 0.123 e. The molecular formula is C14H17N3O. The fourth-order valence-corrected chi connectivity index (χ4v) is 1.35. The van der Waals surface area contributed by atoms with Crippen molar-refractivity contribution < 1.29 is 5.11 Å². The Kier molecular flexibility index (Phi) is 4.87. The molecule has 4 heteroatoms. The Morgan fingerprint density at radius 2 is 1.94 bits per heavy atom. The number of nitrogens with zero attached hydrogens (tertiary/aromatic N) is 3. The molecule has 0 aliphatic carbocycles. The lowest BCUT2D eigenvalue weighted by Gasteiger charge is -2.01. The summed E-state index contributed by atoms with van der Waals surface area (Å²) in [5.41, 5.74) is 1.87. The molecular weight excluding hydrogens is 226 g/mol. The predicted octanol–water partition coefficient (Wildman–Crippen LogP) is 3.44. The van der Waals surface area contributed by atoms with Gasteiger partial charge >= 0.3 is 0 Å². The van der Waals surface area contributed by atoms with Gasteiger partial charge in [0.1, 0.15) is 22.8 Å². The summed E-state index contributed by atoms with van der Waals surface area (Å²) >= 11 is 0. The van der Waals surface area contributed by atoms with Crippen molar-refractivity contribution in [2.75, 3.05) is 0 Å². The maximum absolute atomic E-state index is 9.64. The molecule has 0 saturated carbocycles. The van der Waals surface area contributed by atoms with E-state index in [-0.39, 0.29) is 5.76 Å². The minimum absolute atomic E-state index is 0.130. The molecule has 94 valence electrons. The zero-order valence-electron chi connectivity index (χ0n) is 10.7. The number of allylic oxidation sites excluding steroid dienone is 6. The molecule has 0 unspecified atom stereocenters. The normalized spacial score (nSPS) is 13.0. The third kappa shape index (κ3) is 3.07. The largest absolute Gasteiger partial charge is 0.510 e. The highest BCUT2D eigenvalue weighted by molar-refractivity contribution is 5.62. The van der Waals surface area contributed by atoms with E-state index in [9.17, 15) is 5.11 Å². The van der Waals surface area contributed by atoms with E-state index in [4.69, 9.17) is 0 Å². The number of rotatable bonds is 5. The molecule has 1 aromatic heterocycles. The van der Waals surface area contributed by atoms with Gasteiger partial charge in [0, 0.05) is 0 Å². The third-order valence-electron chi connectivity index (χ3n) is 2.16. The molecule has 1 N–H and O–H groups in total. The number of aliphatic hydroxyl groups excluding tert-OH is 1. The first-order chi connectivity index (χ1) is 8.63. The van der Waals surface area contributed by atoms with Crippen LogP contribution >= 0.6 is 0 Å². The maximum Gasteiger partial charge on any atom is 0.123 e. The quantitative estimate of drug-likeness (QED) is 0.636. The molecule has 0 fully saturated rings. The third-order valence-corrected chi connectivity index (χ3v) is 2.16. The zero-order valence-corrected chi connectivity index (χ0v) is 10.7. The van der Waals surface area contributed by atoms with Crippen molar-refractivity contribution in [3.8, 4) is 0 Å². The van der Waals surface area contributed by atoms with Gasteiger partial charge in [0.25, 0.3) is 0 Å². The van der Waals surface area contributed by atoms with Gasteiger partial charge < -0.3 is 5.11 Å². The number of aromatic nitrogens is 3. The van der Waals surface area contributed by atoms with E-state index in [2.05, 4.69) is 23.4 Å². The molecule has 1 rings (SSSR count). The number of aliphatic hydroxyl groups is 1. The summed E-state index contributed by atoms with van der Waals surface area (Å²) in [7, 11) is 0. The molecule has 4 nitrogen and oxygen atoms in total. The van der Waals surface area contributed by atoms with Crippen LogP contribution in [0.25, 0.3) is 17.8 Å². The molecule has 0 saturated heterocycles. The van der Waals surface area contributed by atoms with Gasteiger partial charge in [0.05, 0.1) is 0 Å². The maximum atomic E-state index is 9.64. The van der Waals surface area contributed by atoms with Crippen LogP contribution in [0.1, 0.15) is 25.2 Å². The zero-order chi connectivity index (χ0) is 13.5. The van der Waals surface area contributed by atoms with Crippen molar-refractivity contribution >= 4 is 17.8 Å². The second-order valence-electron chi connectivity index (χ2n) is 3.53. The van der Waals surface area contributed by atoms with Crippen LogP contribution in [0.15, 0.2) is 43.2 Å². The average Bonchev–Trinajstić information content (AvgIpc) is 2.73. The Morgan fingerprint density at radius 3 is 2.44 bits per heavy atom. The van der Waals surface area contributed by atoms with Gasteiger partial charge in [-0.3, -0.25) is 0 Å². The van der Waals surface area contributed by atoms with E-state index < -0.39 is 0 Å². The lowest BCUT2D eigenvalue weighted by molar-refractivity contribution is 0.412. The average molecular weight is 243 g/mol. The fourth-order valence-electron chi connectivity index (χ4n) is 1.35. The van der Waals surface area contributed by atoms with Crippen LogP contribution < -0.4 is 0 Å². The second kappa shape index (κ2) is 6.39. The molecule has 0 aliphatic rings. The van der Waals surface area contributed by atoms with Crippen molar-refractivity contribution in [2.45, 2.75) is 13.8 Å². The van der Waals surface area contributed by atoms with Crippen LogP contribution in [0.2, 0.25) is 0 Å². The molecule has 0 atom stereocenters. The van der Waals surface area contributed by atoms with Crippen LogP contribution in [-0.2, 0) is 0 Å². The second-order valence-corrected chi connectivity index (χ2v) is 3.53. The van der Waals surface area contributed by atoms with E-state index in [1.54, 1.807) is 31.2 Å². The highest BCUT2D eigenvalue weighted by atomic mass is 16.3. The molecule has 18 heavy (non-hydrogen) atoms. The number of hydrogen-bond acceptors (Lipinski definition) is 3. The summed E-state index contributed by atoms with van der Waals surface area (Å²) in [6.07, 6.45) is 10.3. The first-order valence-corrected chi connectivity index (χ1v) is 5.55. The number of hydrogen-bond donors (Lipinski definition) is 1. The van der Waals surface area contributed by atoms with Crippen molar-refractivity contribution in [2.24, 2.45) is 0 Å². The minimum atomic E-state index is 0.130. The predicted molar refractivity (Wildman–Crippen MR) is 75.7 cm³/mol. The molecule has 0 radical (unpaired) electrons. The van der Waals surface area contributed by atoms with Crippen LogP contribution in [0.4, 0.5) is 0 Å². The van der Waals surface area contributed by atoms with Crippen LogP contribution in [-0.4, -0.2) is 20.1 Å². The van der Waals surface area contributed by atoms with E-state index in [1.807, 2.05) is 19.1 Å². The van der Waals surface area contributed by atoms with E-state index in [0.717, 1.165) is 0 Å². The highest BCUT2D eigenvalue weighted by Crippen LogP contribution is 2.13. The Morgan fingerprint density at radius 1 is 1.28 bits per heavy atom. The first-order valence-electron chi connectivity index (χ1n) is 5.55. The SMILES string of the molecule is C=C/C=C\C(=C(/C)O)n1nc(C=C)c(/C=C\C)n1. The van der Waals surface area contributed by atoms with Crippen LogP contribution in [0.5, 0.6) is 0 Å². The standard InChI is InChI=1S/C14H17N3O/c1-5-8-10-14(11(4)18)17-15-12(7-3)13(16-17)9-6-2/h5-10,18H,1,3H2,2,4H3/b9-6-,10-8-,14-11-. The van der Waals surface area contributed by atoms with Gasteiger partial charge in [0.2, 0.25) is 0 Å². The minimum Gasteiger partial charge on any atom is -0.510 e. The van der Waals surface area contributed by atoms with E-state index >= 15 is 0 Å². The molecule has 0 spiro atoms. The summed E-state index contributed by atoms with van der Waals surface area (Å²) in [5.74, 6) is 0.130. The van der Waals surface area contributed by atoms with Gasteiger partial charge in [-0.15, -0.1) is 15.0 Å². The van der Waals surface area contributed by atoms with Crippen LogP contribution in [0.3, 0.4) is 0 Å². The lowest BCUT2D eigenvalue weighted by Crippen LogP contribution is -2.02. The Bertz CT molecular complexity index is 529. The van der Waals surface area contributed by atoms with Crippen molar-refractivity contribution in [1.29, 1.82) is 0 Å². The van der Waals surface area contributed by atoms with Crippen molar-refractivity contribution in [1.82, 2.24) is 15.0 Å². The van der Waals surface area contributed by atoms with Gasteiger partial charge in [-0.05, 0) is 32.1 Å².